The maximum Gasteiger partial charge on any atom is 0.270 e. The molecule has 0 saturated heterocycles. The lowest BCUT2D eigenvalue weighted by molar-refractivity contribution is -0.385. The molecule has 0 fully saturated rings. The standard InChI is InChI=1S/C13H20N2O5S/c1-4-7-13(3,16)9-14-21(19,20)12-8-11(15(17)18)6-5-10(12)2/h5-6,8,14,16H,4,7,9H2,1-3H3. The SMILES string of the molecule is CCCC(C)(O)CNS(=O)(=O)c1cc([N+](=O)[O-])ccc1C. The average molecular weight is 316 g/mol. The number of hydrogen-bond donors (Lipinski definition) is 2. The van der Waals surface area contributed by atoms with Gasteiger partial charge in [0.15, 0.2) is 0 Å². The second-order valence-electron chi connectivity index (χ2n) is 5.28. The van der Waals surface area contributed by atoms with Crippen molar-refractivity contribution in [1.82, 2.24) is 4.72 Å². The zero-order valence-electron chi connectivity index (χ0n) is 12.3. The van der Waals surface area contributed by atoms with Gasteiger partial charge in [0.2, 0.25) is 10.0 Å². The first-order valence-corrected chi connectivity index (χ1v) is 8.04. The van der Waals surface area contributed by atoms with Gasteiger partial charge in [0, 0.05) is 18.7 Å². The Balaban J connectivity index is 3.03. The Kier molecular flexibility index (Phi) is 5.43. The Labute approximate surface area is 124 Å². The number of nitrogens with zero attached hydrogens (tertiary/aromatic N) is 1. The molecule has 0 aliphatic carbocycles. The van der Waals surface area contributed by atoms with Crippen molar-refractivity contribution in [2.24, 2.45) is 0 Å². The predicted octanol–water partition coefficient (Wildman–Crippen LogP) is 1.73. The highest BCUT2D eigenvalue weighted by Gasteiger charge is 2.25. The molecular formula is C13H20N2O5S. The highest BCUT2D eigenvalue weighted by molar-refractivity contribution is 7.89. The number of non-ortho nitro benzene ring substituents is 1. The number of aryl methyl sites for hydroxylation is 1. The van der Waals surface area contributed by atoms with Crippen molar-refractivity contribution >= 4 is 15.7 Å². The van der Waals surface area contributed by atoms with Crippen molar-refractivity contribution < 1.29 is 18.4 Å². The fraction of sp³-hybridized carbons (Fsp3) is 0.538. The van der Waals surface area contributed by atoms with E-state index in [-0.39, 0.29) is 17.1 Å². The molecule has 0 bridgehead atoms. The van der Waals surface area contributed by atoms with Crippen LogP contribution in [-0.2, 0) is 10.0 Å². The summed E-state index contributed by atoms with van der Waals surface area (Å²) in [7, 11) is -3.91. The third kappa shape index (κ3) is 4.76. The molecule has 1 rings (SSSR count). The van der Waals surface area contributed by atoms with Gasteiger partial charge in [-0.3, -0.25) is 10.1 Å². The van der Waals surface area contributed by atoms with E-state index in [0.717, 1.165) is 6.07 Å². The second kappa shape index (κ2) is 6.50. The summed E-state index contributed by atoms with van der Waals surface area (Å²) in [4.78, 5) is 9.95. The monoisotopic (exact) mass is 316 g/mol. The molecule has 8 heteroatoms. The van der Waals surface area contributed by atoms with Crippen LogP contribution >= 0.6 is 0 Å². The maximum atomic E-state index is 12.2. The van der Waals surface area contributed by atoms with Gasteiger partial charge in [0.1, 0.15) is 0 Å². The van der Waals surface area contributed by atoms with Gasteiger partial charge in [-0.2, -0.15) is 0 Å². The van der Waals surface area contributed by atoms with Crippen LogP contribution in [0, 0.1) is 17.0 Å². The normalized spacial score (nSPS) is 14.7. The van der Waals surface area contributed by atoms with Crippen LogP contribution in [0.3, 0.4) is 0 Å². The van der Waals surface area contributed by atoms with Gasteiger partial charge in [-0.25, -0.2) is 13.1 Å². The fourth-order valence-corrected chi connectivity index (χ4v) is 3.37. The van der Waals surface area contributed by atoms with Crippen LogP contribution in [0.4, 0.5) is 5.69 Å². The number of benzene rings is 1. The van der Waals surface area contributed by atoms with Crippen molar-refractivity contribution in [2.45, 2.75) is 44.1 Å². The van der Waals surface area contributed by atoms with Crippen LogP contribution in [-0.4, -0.2) is 30.6 Å². The molecule has 0 aliphatic heterocycles. The van der Waals surface area contributed by atoms with E-state index in [1.807, 2.05) is 6.92 Å². The molecule has 2 N–H and O–H groups in total. The van der Waals surface area contributed by atoms with Gasteiger partial charge < -0.3 is 5.11 Å². The summed E-state index contributed by atoms with van der Waals surface area (Å²) in [6, 6.07) is 3.66. The number of nitro groups is 1. The minimum absolute atomic E-state index is 0.148. The molecule has 1 aromatic carbocycles. The van der Waals surface area contributed by atoms with Gasteiger partial charge in [0.25, 0.3) is 5.69 Å². The molecule has 0 aliphatic rings. The third-order valence-electron chi connectivity index (χ3n) is 3.10. The van der Waals surface area contributed by atoms with Crippen molar-refractivity contribution in [1.29, 1.82) is 0 Å². The van der Waals surface area contributed by atoms with Crippen molar-refractivity contribution in [3.05, 3.63) is 33.9 Å². The van der Waals surface area contributed by atoms with E-state index in [0.29, 0.717) is 18.4 Å². The Morgan fingerprint density at radius 2 is 2.05 bits per heavy atom. The molecule has 7 nitrogen and oxygen atoms in total. The largest absolute Gasteiger partial charge is 0.389 e. The summed E-state index contributed by atoms with van der Waals surface area (Å²) in [5.74, 6) is 0. The average Bonchev–Trinajstić information content (AvgIpc) is 2.36. The Hall–Kier alpha value is -1.51. The zero-order chi connectivity index (χ0) is 16.3. The van der Waals surface area contributed by atoms with Gasteiger partial charge in [-0.1, -0.05) is 19.4 Å². The highest BCUT2D eigenvalue weighted by atomic mass is 32.2. The van der Waals surface area contributed by atoms with Gasteiger partial charge in [0.05, 0.1) is 15.4 Å². The molecule has 1 aromatic rings. The fourth-order valence-electron chi connectivity index (χ4n) is 1.95. The summed E-state index contributed by atoms with van der Waals surface area (Å²) in [6.07, 6.45) is 1.16. The molecule has 0 amide bonds. The second-order valence-corrected chi connectivity index (χ2v) is 7.01. The summed E-state index contributed by atoms with van der Waals surface area (Å²) in [5.41, 5.74) is -1.04. The summed E-state index contributed by atoms with van der Waals surface area (Å²) in [5, 5.41) is 20.7. The van der Waals surface area contributed by atoms with E-state index in [1.54, 1.807) is 13.8 Å². The van der Waals surface area contributed by atoms with Gasteiger partial charge >= 0.3 is 0 Å². The Bertz CT molecular complexity index is 625. The Morgan fingerprint density at radius 1 is 1.43 bits per heavy atom. The van der Waals surface area contributed by atoms with Crippen LogP contribution in [0.2, 0.25) is 0 Å². The van der Waals surface area contributed by atoms with Crippen LogP contribution in [0.1, 0.15) is 32.3 Å². The molecule has 0 saturated carbocycles. The number of nitrogens with one attached hydrogen (secondary N) is 1. The van der Waals surface area contributed by atoms with E-state index in [2.05, 4.69) is 4.72 Å². The molecule has 0 heterocycles. The number of sulfonamides is 1. The molecule has 0 radical (unpaired) electrons. The number of nitro benzene ring substituents is 1. The summed E-state index contributed by atoms with van der Waals surface area (Å²) in [6.45, 7) is 4.83. The molecule has 0 spiro atoms. The first-order valence-electron chi connectivity index (χ1n) is 6.56. The van der Waals surface area contributed by atoms with E-state index >= 15 is 0 Å². The maximum absolute atomic E-state index is 12.2. The topological polar surface area (TPSA) is 110 Å². The first-order chi connectivity index (χ1) is 9.59. The van der Waals surface area contributed by atoms with Crippen molar-refractivity contribution in [3.8, 4) is 0 Å². The summed E-state index contributed by atoms with van der Waals surface area (Å²) >= 11 is 0. The molecule has 21 heavy (non-hydrogen) atoms. The number of rotatable bonds is 7. The lowest BCUT2D eigenvalue weighted by atomic mass is 10.0. The third-order valence-corrected chi connectivity index (χ3v) is 4.65. The minimum Gasteiger partial charge on any atom is -0.389 e. The van der Waals surface area contributed by atoms with Crippen molar-refractivity contribution in [2.75, 3.05) is 6.54 Å². The zero-order valence-corrected chi connectivity index (χ0v) is 13.1. The van der Waals surface area contributed by atoms with Crippen molar-refractivity contribution in [3.63, 3.8) is 0 Å². The van der Waals surface area contributed by atoms with E-state index in [4.69, 9.17) is 0 Å². The summed E-state index contributed by atoms with van der Waals surface area (Å²) < 4.78 is 26.8. The molecule has 0 aromatic heterocycles. The van der Waals surface area contributed by atoms with E-state index in [1.165, 1.54) is 12.1 Å². The Morgan fingerprint density at radius 3 is 2.57 bits per heavy atom. The minimum atomic E-state index is -3.91. The lowest BCUT2D eigenvalue weighted by Gasteiger charge is -2.23. The molecular weight excluding hydrogens is 296 g/mol. The lowest BCUT2D eigenvalue weighted by Crippen LogP contribution is -2.40. The molecule has 118 valence electrons. The van der Waals surface area contributed by atoms with Crippen LogP contribution in [0.15, 0.2) is 23.1 Å². The van der Waals surface area contributed by atoms with Crippen LogP contribution < -0.4 is 4.72 Å². The van der Waals surface area contributed by atoms with E-state index < -0.39 is 20.5 Å². The number of hydrogen-bond acceptors (Lipinski definition) is 5. The smallest absolute Gasteiger partial charge is 0.270 e. The van der Waals surface area contributed by atoms with Crippen LogP contribution in [0.5, 0.6) is 0 Å². The quantitative estimate of drug-likeness (QED) is 0.588. The number of aliphatic hydroxyl groups is 1. The molecule has 1 atom stereocenters. The highest BCUT2D eigenvalue weighted by Crippen LogP contribution is 2.22. The first kappa shape index (κ1) is 17.5. The predicted molar refractivity (Wildman–Crippen MR) is 78.6 cm³/mol. The van der Waals surface area contributed by atoms with Gasteiger partial charge in [-0.15, -0.1) is 0 Å². The molecule has 1 unspecified atom stereocenters. The van der Waals surface area contributed by atoms with Gasteiger partial charge in [-0.05, 0) is 25.8 Å². The van der Waals surface area contributed by atoms with Crippen LogP contribution in [0.25, 0.3) is 0 Å². The van der Waals surface area contributed by atoms with E-state index in [9.17, 15) is 23.6 Å².